The van der Waals surface area contributed by atoms with Gasteiger partial charge in [-0.3, -0.25) is 4.79 Å². The van der Waals surface area contributed by atoms with Crippen LogP contribution in [-0.4, -0.2) is 5.78 Å². The van der Waals surface area contributed by atoms with Crippen LogP contribution in [0, 0.1) is 12.0 Å². The molecule has 4 nitrogen and oxygen atoms in total. The molecule has 2 rings (SSSR count). The van der Waals surface area contributed by atoms with Crippen LogP contribution in [0.15, 0.2) is 30.0 Å². The first-order chi connectivity index (χ1) is 8.89. The topological polar surface area (TPSA) is 59.5 Å². The molecule has 98 valence electrons. The Morgan fingerprint density at radius 3 is 2.74 bits per heavy atom. The highest BCUT2D eigenvalue weighted by atomic mass is 16.1. The normalized spacial score (nSPS) is 17.5. The van der Waals surface area contributed by atoms with Crippen molar-refractivity contribution in [1.82, 2.24) is 0 Å². The molecule has 0 atom stereocenters. The molecule has 0 saturated heterocycles. The Morgan fingerprint density at radius 2 is 2.11 bits per heavy atom. The highest BCUT2D eigenvalue weighted by Gasteiger charge is 2.27. The van der Waals surface area contributed by atoms with E-state index in [2.05, 4.69) is 24.0 Å². The van der Waals surface area contributed by atoms with Gasteiger partial charge in [-0.1, -0.05) is 19.9 Å². The number of carbonyl (C=O) groups is 1. The SMILES string of the molecule is [C-]#[N+]c1ccc(N)c(NC2=CC(=O)CC(C)(C)C2)c1. The Morgan fingerprint density at radius 1 is 1.37 bits per heavy atom. The summed E-state index contributed by atoms with van der Waals surface area (Å²) in [5.41, 5.74) is 8.49. The number of hydrogen-bond donors (Lipinski definition) is 2. The van der Waals surface area contributed by atoms with E-state index in [1.54, 1.807) is 24.3 Å². The standard InChI is InChI=1S/C15H17N3O/c1-15(2)8-11(6-12(19)9-15)18-14-7-10(17-3)4-5-13(14)16/h4-7,18H,8-9,16H2,1-2H3. The summed E-state index contributed by atoms with van der Waals surface area (Å²) in [6, 6.07) is 5.08. The van der Waals surface area contributed by atoms with Gasteiger partial charge in [0.25, 0.3) is 0 Å². The number of nitrogens with two attached hydrogens (primary N) is 1. The minimum atomic E-state index is -0.0413. The minimum Gasteiger partial charge on any atom is -0.397 e. The summed E-state index contributed by atoms with van der Waals surface area (Å²) < 4.78 is 0. The second-order valence-electron chi connectivity index (χ2n) is 5.66. The molecule has 4 heteroatoms. The van der Waals surface area contributed by atoms with Crippen LogP contribution < -0.4 is 11.1 Å². The van der Waals surface area contributed by atoms with Crippen LogP contribution in [0.5, 0.6) is 0 Å². The highest BCUT2D eigenvalue weighted by Crippen LogP contribution is 2.35. The predicted molar refractivity (Wildman–Crippen MR) is 76.8 cm³/mol. The van der Waals surface area contributed by atoms with E-state index in [0.29, 0.717) is 23.5 Å². The molecule has 1 aliphatic carbocycles. The van der Waals surface area contributed by atoms with Gasteiger partial charge in [-0.2, -0.15) is 0 Å². The summed E-state index contributed by atoms with van der Waals surface area (Å²) in [4.78, 5) is 15.1. The number of allylic oxidation sites excluding steroid dienone is 2. The summed E-state index contributed by atoms with van der Waals surface area (Å²) in [7, 11) is 0. The van der Waals surface area contributed by atoms with E-state index < -0.39 is 0 Å². The molecule has 0 bridgehead atoms. The molecule has 0 amide bonds. The van der Waals surface area contributed by atoms with Crippen LogP contribution >= 0.6 is 0 Å². The Labute approximate surface area is 113 Å². The van der Waals surface area contributed by atoms with Crippen molar-refractivity contribution in [3.63, 3.8) is 0 Å². The third-order valence-electron chi connectivity index (χ3n) is 3.12. The van der Waals surface area contributed by atoms with Gasteiger partial charge in [-0.15, -0.1) is 0 Å². The molecule has 19 heavy (non-hydrogen) atoms. The summed E-state index contributed by atoms with van der Waals surface area (Å²) in [6.45, 7) is 11.1. The van der Waals surface area contributed by atoms with Gasteiger partial charge in [0.1, 0.15) is 0 Å². The van der Waals surface area contributed by atoms with Crippen molar-refractivity contribution in [2.75, 3.05) is 11.1 Å². The zero-order valence-corrected chi connectivity index (χ0v) is 11.2. The van der Waals surface area contributed by atoms with Gasteiger partial charge in [0.2, 0.25) is 0 Å². The van der Waals surface area contributed by atoms with E-state index >= 15 is 0 Å². The Balaban J connectivity index is 2.27. The van der Waals surface area contributed by atoms with Gasteiger partial charge >= 0.3 is 0 Å². The lowest BCUT2D eigenvalue weighted by Gasteiger charge is -2.29. The number of benzene rings is 1. The zero-order valence-electron chi connectivity index (χ0n) is 11.2. The fourth-order valence-corrected chi connectivity index (χ4v) is 2.32. The third kappa shape index (κ3) is 3.14. The van der Waals surface area contributed by atoms with Crippen LogP contribution in [0.3, 0.4) is 0 Å². The van der Waals surface area contributed by atoms with Crippen molar-refractivity contribution in [2.45, 2.75) is 26.7 Å². The van der Waals surface area contributed by atoms with Gasteiger partial charge in [-0.05, 0) is 24.0 Å². The van der Waals surface area contributed by atoms with Gasteiger partial charge in [-0.25, -0.2) is 4.85 Å². The molecule has 0 aromatic heterocycles. The Hall–Kier alpha value is -2.28. The third-order valence-corrected chi connectivity index (χ3v) is 3.12. The van der Waals surface area contributed by atoms with Crippen LogP contribution in [0.4, 0.5) is 17.1 Å². The van der Waals surface area contributed by atoms with Crippen LogP contribution in [0.25, 0.3) is 4.85 Å². The number of hydrogen-bond acceptors (Lipinski definition) is 3. The van der Waals surface area contributed by atoms with Gasteiger partial charge in [0.05, 0.1) is 17.9 Å². The maximum Gasteiger partial charge on any atom is 0.189 e. The maximum atomic E-state index is 11.7. The van der Waals surface area contributed by atoms with Gasteiger partial charge < -0.3 is 11.1 Å². The molecular formula is C15H17N3O. The van der Waals surface area contributed by atoms with Crippen molar-refractivity contribution in [1.29, 1.82) is 0 Å². The monoisotopic (exact) mass is 255 g/mol. The summed E-state index contributed by atoms with van der Waals surface area (Å²) in [5.74, 6) is 0.124. The number of nitrogens with zero attached hydrogens (tertiary/aromatic N) is 1. The second-order valence-corrected chi connectivity index (χ2v) is 5.66. The van der Waals surface area contributed by atoms with Crippen LogP contribution in [0.1, 0.15) is 26.7 Å². The first-order valence-corrected chi connectivity index (χ1v) is 6.17. The smallest absolute Gasteiger partial charge is 0.189 e. The molecule has 0 unspecified atom stereocenters. The van der Waals surface area contributed by atoms with E-state index in [1.165, 1.54) is 0 Å². The van der Waals surface area contributed by atoms with E-state index in [4.69, 9.17) is 12.3 Å². The van der Waals surface area contributed by atoms with E-state index in [9.17, 15) is 4.79 Å². The lowest BCUT2D eigenvalue weighted by Crippen LogP contribution is -2.24. The molecule has 0 heterocycles. The predicted octanol–water partition coefficient (Wildman–Crippen LogP) is 3.50. The van der Waals surface area contributed by atoms with Crippen LogP contribution in [-0.2, 0) is 4.79 Å². The van der Waals surface area contributed by atoms with Crippen molar-refractivity contribution in [3.8, 4) is 0 Å². The highest BCUT2D eigenvalue weighted by molar-refractivity contribution is 5.92. The summed E-state index contributed by atoms with van der Waals surface area (Å²) in [5, 5.41) is 3.18. The van der Waals surface area contributed by atoms with Gasteiger partial charge in [0, 0.05) is 18.2 Å². The largest absolute Gasteiger partial charge is 0.397 e. The van der Waals surface area contributed by atoms with E-state index in [1.807, 2.05) is 0 Å². The molecule has 1 aromatic rings. The Bertz CT molecular complexity index is 594. The van der Waals surface area contributed by atoms with Crippen molar-refractivity contribution < 1.29 is 4.79 Å². The number of nitrogens with one attached hydrogen (secondary N) is 1. The van der Waals surface area contributed by atoms with Crippen LogP contribution in [0.2, 0.25) is 0 Å². The first-order valence-electron chi connectivity index (χ1n) is 6.17. The number of rotatable bonds is 2. The lowest BCUT2D eigenvalue weighted by atomic mass is 9.79. The molecule has 1 aromatic carbocycles. The second kappa shape index (κ2) is 4.77. The minimum absolute atomic E-state index is 0.0413. The van der Waals surface area contributed by atoms with Crippen molar-refractivity contribution >= 4 is 22.8 Å². The average molecular weight is 255 g/mol. The summed E-state index contributed by atoms with van der Waals surface area (Å²) >= 11 is 0. The Kier molecular flexibility index (Phi) is 3.30. The number of ketones is 1. The molecule has 3 N–H and O–H groups in total. The maximum absolute atomic E-state index is 11.7. The molecule has 0 saturated carbocycles. The first kappa shape index (κ1) is 13.2. The molecule has 0 aliphatic heterocycles. The molecular weight excluding hydrogens is 238 g/mol. The van der Waals surface area contributed by atoms with Crippen molar-refractivity contribution in [2.24, 2.45) is 5.41 Å². The molecule has 0 spiro atoms. The molecule has 1 aliphatic rings. The van der Waals surface area contributed by atoms with Crippen molar-refractivity contribution in [3.05, 3.63) is 41.4 Å². The zero-order chi connectivity index (χ0) is 14.0. The number of carbonyl (C=O) groups excluding carboxylic acids is 1. The number of anilines is 2. The fourth-order valence-electron chi connectivity index (χ4n) is 2.32. The quantitative estimate of drug-likeness (QED) is 0.628. The average Bonchev–Trinajstić information content (AvgIpc) is 2.29. The fraction of sp³-hybridized carbons (Fsp3) is 0.333. The molecule has 0 radical (unpaired) electrons. The van der Waals surface area contributed by atoms with E-state index in [-0.39, 0.29) is 11.2 Å². The summed E-state index contributed by atoms with van der Waals surface area (Å²) in [6.07, 6.45) is 2.99. The number of nitrogen functional groups attached to an aromatic ring is 1. The lowest BCUT2D eigenvalue weighted by molar-refractivity contribution is -0.117. The van der Waals surface area contributed by atoms with E-state index in [0.717, 1.165) is 12.1 Å². The van der Waals surface area contributed by atoms with Gasteiger partial charge in [0.15, 0.2) is 11.5 Å². The molecule has 0 fully saturated rings.